The zero-order chi connectivity index (χ0) is 28.7. The second-order valence-electron chi connectivity index (χ2n) is 10.4. The predicted molar refractivity (Wildman–Crippen MR) is 142 cm³/mol. The van der Waals surface area contributed by atoms with E-state index in [-0.39, 0.29) is 43.3 Å². The molecular weight excluding hydrogens is 508 g/mol. The number of carbonyl (C=O) groups excluding carboxylic acids is 3. The van der Waals surface area contributed by atoms with E-state index in [1.54, 1.807) is 0 Å². The summed E-state index contributed by atoms with van der Waals surface area (Å²) in [6, 6.07) is 10.1. The maximum Gasteiger partial charge on any atom is 0.325 e. The van der Waals surface area contributed by atoms with Gasteiger partial charge in [-0.1, -0.05) is 38.1 Å². The highest BCUT2D eigenvalue weighted by Crippen LogP contribution is 2.35. The first kappa shape index (κ1) is 30.2. The second kappa shape index (κ2) is 13.1. The minimum Gasteiger partial charge on any atom is -0.468 e. The molecular formula is C29H37F2N3O5. The number of methoxy groups -OCH3 is 1. The van der Waals surface area contributed by atoms with Gasteiger partial charge in [-0.25, -0.2) is 8.78 Å². The summed E-state index contributed by atoms with van der Waals surface area (Å²) in [6.07, 6.45) is -0.644. The molecule has 8 nitrogen and oxygen atoms in total. The van der Waals surface area contributed by atoms with Crippen molar-refractivity contribution in [2.24, 2.45) is 0 Å². The van der Waals surface area contributed by atoms with Gasteiger partial charge in [-0.3, -0.25) is 14.4 Å². The molecule has 0 aromatic heterocycles. The Bertz CT molecular complexity index is 1170. The first-order chi connectivity index (χ1) is 18.4. The molecule has 0 spiro atoms. The van der Waals surface area contributed by atoms with Crippen LogP contribution in [0.5, 0.6) is 0 Å². The van der Waals surface area contributed by atoms with Gasteiger partial charge in [0.1, 0.15) is 18.2 Å². The van der Waals surface area contributed by atoms with Crippen molar-refractivity contribution in [1.29, 1.82) is 0 Å². The van der Waals surface area contributed by atoms with E-state index in [2.05, 4.69) is 24.5 Å². The number of likely N-dealkylation sites (tertiary alicyclic amines) is 1. The smallest absolute Gasteiger partial charge is 0.325 e. The molecule has 0 aliphatic carbocycles. The lowest BCUT2D eigenvalue weighted by atomic mass is 9.79. The summed E-state index contributed by atoms with van der Waals surface area (Å²) in [5, 5.41) is 17.2. The minimum atomic E-state index is -1.14. The van der Waals surface area contributed by atoms with Crippen molar-refractivity contribution in [3.63, 3.8) is 0 Å². The number of esters is 1. The number of amides is 2. The Balaban J connectivity index is 1.86. The van der Waals surface area contributed by atoms with E-state index in [1.807, 2.05) is 24.3 Å². The van der Waals surface area contributed by atoms with E-state index in [4.69, 9.17) is 4.74 Å². The molecule has 3 atom stereocenters. The molecule has 1 aliphatic heterocycles. The van der Waals surface area contributed by atoms with Crippen LogP contribution in [0.4, 0.5) is 8.78 Å². The number of hydrogen-bond acceptors (Lipinski definition) is 6. The summed E-state index contributed by atoms with van der Waals surface area (Å²) < 4.78 is 32.2. The van der Waals surface area contributed by atoms with Crippen LogP contribution in [0, 0.1) is 11.6 Å². The lowest BCUT2D eigenvalue weighted by Gasteiger charge is -2.43. The average molecular weight is 546 g/mol. The van der Waals surface area contributed by atoms with E-state index in [0.717, 1.165) is 29.3 Å². The highest BCUT2D eigenvalue weighted by Gasteiger charge is 2.41. The number of rotatable bonds is 11. The number of nitrogens with one attached hydrogen (secondary N) is 2. The van der Waals surface area contributed by atoms with Gasteiger partial charge in [-0.2, -0.15) is 0 Å². The van der Waals surface area contributed by atoms with Crippen LogP contribution in [0.2, 0.25) is 0 Å². The topological polar surface area (TPSA) is 108 Å². The SMILES string of the molecule is COC(=O)CN1CC[C@@](NCC(O)C(Cc2cc(F)cc(F)c2)NC(C)=O)(c2cccc(C(C)C)c2)CC1=O. The number of halogens is 2. The Hall–Kier alpha value is -3.37. The molecule has 3 N–H and O–H groups in total. The van der Waals surface area contributed by atoms with Crippen molar-refractivity contribution >= 4 is 17.8 Å². The molecule has 2 unspecified atom stereocenters. The predicted octanol–water partition coefficient (Wildman–Crippen LogP) is 2.78. The highest BCUT2D eigenvalue weighted by molar-refractivity contribution is 5.83. The van der Waals surface area contributed by atoms with Gasteiger partial charge >= 0.3 is 5.97 Å². The molecule has 2 aromatic carbocycles. The van der Waals surface area contributed by atoms with Crippen LogP contribution in [-0.4, -0.2) is 66.7 Å². The average Bonchev–Trinajstić information content (AvgIpc) is 2.87. The van der Waals surface area contributed by atoms with Crippen LogP contribution in [0.1, 0.15) is 56.2 Å². The third-order valence-corrected chi connectivity index (χ3v) is 7.15. The molecule has 1 aliphatic rings. The monoisotopic (exact) mass is 545 g/mol. The van der Waals surface area contributed by atoms with Crippen molar-refractivity contribution in [3.05, 3.63) is 70.8 Å². The van der Waals surface area contributed by atoms with Gasteiger partial charge in [0.15, 0.2) is 0 Å². The van der Waals surface area contributed by atoms with Crippen LogP contribution in [0.25, 0.3) is 0 Å². The summed E-state index contributed by atoms with van der Waals surface area (Å²) >= 11 is 0. The Labute approximate surface area is 227 Å². The normalized spacial score (nSPS) is 19.1. The van der Waals surface area contributed by atoms with E-state index in [0.29, 0.717) is 13.0 Å². The van der Waals surface area contributed by atoms with Gasteiger partial charge in [-0.05, 0) is 47.6 Å². The number of hydrogen-bond donors (Lipinski definition) is 3. The highest BCUT2D eigenvalue weighted by atomic mass is 19.1. The first-order valence-electron chi connectivity index (χ1n) is 13.0. The van der Waals surface area contributed by atoms with Crippen LogP contribution in [-0.2, 0) is 31.1 Å². The third-order valence-electron chi connectivity index (χ3n) is 7.15. The third kappa shape index (κ3) is 8.06. The Morgan fingerprint density at radius 3 is 2.44 bits per heavy atom. The van der Waals surface area contributed by atoms with Gasteiger partial charge in [0.25, 0.3) is 0 Å². The molecule has 212 valence electrons. The lowest BCUT2D eigenvalue weighted by molar-refractivity contribution is -0.149. The molecule has 2 amide bonds. The number of aliphatic hydroxyl groups is 1. The Kier molecular flexibility index (Phi) is 10.2. The maximum atomic E-state index is 13.8. The van der Waals surface area contributed by atoms with E-state index >= 15 is 0 Å². The molecule has 0 saturated carbocycles. The molecule has 2 aromatic rings. The zero-order valence-corrected chi connectivity index (χ0v) is 22.8. The summed E-state index contributed by atoms with van der Waals surface area (Å²) in [5.41, 5.74) is 1.40. The molecule has 39 heavy (non-hydrogen) atoms. The van der Waals surface area contributed by atoms with Gasteiger partial charge in [-0.15, -0.1) is 0 Å². The van der Waals surface area contributed by atoms with Gasteiger partial charge in [0.05, 0.1) is 24.8 Å². The van der Waals surface area contributed by atoms with Crippen LogP contribution < -0.4 is 10.6 Å². The Morgan fingerprint density at radius 2 is 1.85 bits per heavy atom. The fourth-order valence-corrected chi connectivity index (χ4v) is 4.96. The maximum absolute atomic E-state index is 13.8. The van der Waals surface area contributed by atoms with Gasteiger partial charge in [0, 0.05) is 32.5 Å². The number of nitrogens with zero attached hydrogens (tertiary/aromatic N) is 1. The fourth-order valence-electron chi connectivity index (χ4n) is 4.96. The van der Waals surface area contributed by atoms with Crippen molar-refractivity contribution in [2.45, 2.75) is 63.6 Å². The summed E-state index contributed by atoms with van der Waals surface area (Å²) in [4.78, 5) is 38.3. The van der Waals surface area contributed by atoms with Crippen molar-refractivity contribution in [3.8, 4) is 0 Å². The molecule has 0 radical (unpaired) electrons. The van der Waals surface area contributed by atoms with E-state index in [1.165, 1.54) is 18.9 Å². The number of aliphatic hydroxyl groups excluding tert-OH is 1. The number of benzene rings is 2. The first-order valence-corrected chi connectivity index (χ1v) is 13.0. The minimum absolute atomic E-state index is 0.00121. The van der Waals surface area contributed by atoms with Gasteiger partial charge in [0.2, 0.25) is 11.8 Å². The van der Waals surface area contributed by atoms with Crippen molar-refractivity contribution in [1.82, 2.24) is 15.5 Å². The summed E-state index contributed by atoms with van der Waals surface area (Å²) in [6.45, 7) is 5.57. The largest absolute Gasteiger partial charge is 0.468 e. The van der Waals surface area contributed by atoms with E-state index in [9.17, 15) is 28.3 Å². The van der Waals surface area contributed by atoms with Crippen molar-refractivity contribution < 1.29 is 33.0 Å². The molecule has 1 heterocycles. The standard InChI is InChI=1S/C29H37F2N3O5/c1-18(2)21-6-5-7-22(13-21)29(8-9-34(27(37)15-29)17-28(38)39-4)32-16-26(36)25(33-19(3)35)12-20-10-23(30)14-24(31)11-20/h5-7,10-11,13-14,18,25-26,32,36H,8-9,12,15-17H2,1-4H3,(H,33,35)/t25?,26?,29-/m0/s1. The summed E-state index contributed by atoms with van der Waals surface area (Å²) in [5.74, 6) is -2.40. The zero-order valence-electron chi connectivity index (χ0n) is 22.8. The quantitative estimate of drug-likeness (QED) is 0.375. The second-order valence-corrected chi connectivity index (χ2v) is 10.4. The molecule has 1 fully saturated rings. The van der Waals surface area contributed by atoms with Crippen LogP contribution in [0.3, 0.4) is 0 Å². The number of piperidine rings is 1. The van der Waals surface area contributed by atoms with Crippen molar-refractivity contribution in [2.75, 3.05) is 26.7 Å². The molecule has 1 saturated heterocycles. The Morgan fingerprint density at radius 1 is 1.15 bits per heavy atom. The lowest BCUT2D eigenvalue weighted by Crippen LogP contribution is -2.57. The summed E-state index contributed by atoms with van der Waals surface area (Å²) in [7, 11) is 1.27. The van der Waals surface area contributed by atoms with Crippen LogP contribution in [0.15, 0.2) is 42.5 Å². The number of ether oxygens (including phenoxy) is 1. The van der Waals surface area contributed by atoms with E-state index < -0.39 is 41.2 Å². The molecule has 0 bridgehead atoms. The van der Waals surface area contributed by atoms with Gasteiger partial charge < -0.3 is 25.4 Å². The number of carbonyl (C=O) groups is 3. The van der Waals surface area contributed by atoms with Crippen LogP contribution >= 0.6 is 0 Å². The fraction of sp³-hybridized carbons (Fsp3) is 0.483. The molecule has 10 heteroatoms. The molecule has 3 rings (SSSR count).